The molecule has 0 saturated carbocycles. The van der Waals surface area contributed by atoms with Gasteiger partial charge in [-0.05, 0) is 48.4 Å². The standard InChI is InChI=1S/C21H21BrN2O/c1-2-16-6-8-19(9-7-16)24-12-13-25-21(24)17-10-11-23(15-17)20-5-3-4-18(22)14-20/h3-11,14-15,21H,2,12-13H2,1H3/t21-/m0/s1. The van der Waals surface area contributed by atoms with Gasteiger partial charge < -0.3 is 14.2 Å². The van der Waals surface area contributed by atoms with E-state index in [1.165, 1.54) is 16.8 Å². The number of hydrogen-bond donors (Lipinski definition) is 0. The predicted octanol–water partition coefficient (Wildman–Crippen LogP) is 5.34. The lowest BCUT2D eigenvalue weighted by molar-refractivity contribution is 0.114. The van der Waals surface area contributed by atoms with Crippen molar-refractivity contribution in [3.8, 4) is 5.69 Å². The maximum absolute atomic E-state index is 6.04. The van der Waals surface area contributed by atoms with E-state index in [1.54, 1.807) is 0 Å². The van der Waals surface area contributed by atoms with Crippen LogP contribution in [0.15, 0.2) is 71.5 Å². The molecular weight excluding hydrogens is 376 g/mol. The number of hydrogen-bond acceptors (Lipinski definition) is 2. The van der Waals surface area contributed by atoms with Gasteiger partial charge in [0.15, 0.2) is 6.23 Å². The van der Waals surface area contributed by atoms with Crippen molar-refractivity contribution in [1.29, 1.82) is 0 Å². The number of halogens is 1. The Morgan fingerprint density at radius 3 is 2.68 bits per heavy atom. The van der Waals surface area contributed by atoms with Gasteiger partial charge in [-0.15, -0.1) is 0 Å². The molecule has 3 nitrogen and oxygen atoms in total. The van der Waals surface area contributed by atoms with Crippen LogP contribution in [0.25, 0.3) is 5.69 Å². The second-order valence-electron chi connectivity index (χ2n) is 6.27. The molecule has 3 aromatic rings. The summed E-state index contributed by atoms with van der Waals surface area (Å²) in [7, 11) is 0. The van der Waals surface area contributed by atoms with Crippen molar-refractivity contribution in [1.82, 2.24) is 4.57 Å². The minimum atomic E-state index is -0.0270. The molecule has 0 N–H and O–H groups in total. The van der Waals surface area contributed by atoms with Gasteiger partial charge in [0.2, 0.25) is 0 Å². The normalized spacial score (nSPS) is 17.2. The van der Waals surface area contributed by atoms with E-state index in [-0.39, 0.29) is 6.23 Å². The number of aryl methyl sites for hydroxylation is 1. The highest BCUT2D eigenvalue weighted by Gasteiger charge is 2.27. The van der Waals surface area contributed by atoms with E-state index in [9.17, 15) is 0 Å². The van der Waals surface area contributed by atoms with Crippen molar-refractivity contribution < 1.29 is 4.74 Å². The lowest BCUT2D eigenvalue weighted by Crippen LogP contribution is -2.22. The summed E-state index contributed by atoms with van der Waals surface area (Å²) >= 11 is 3.54. The molecule has 128 valence electrons. The Kier molecular flexibility index (Phi) is 4.64. The summed E-state index contributed by atoms with van der Waals surface area (Å²) in [6.45, 7) is 3.85. The predicted molar refractivity (Wildman–Crippen MR) is 105 cm³/mol. The quantitative estimate of drug-likeness (QED) is 0.592. The zero-order valence-corrected chi connectivity index (χ0v) is 15.8. The average Bonchev–Trinajstić information content (AvgIpc) is 3.31. The first-order valence-corrected chi connectivity index (χ1v) is 9.45. The second-order valence-corrected chi connectivity index (χ2v) is 7.18. The first-order chi connectivity index (χ1) is 12.2. The van der Waals surface area contributed by atoms with E-state index in [2.05, 4.69) is 87.2 Å². The summed E-state index contributed by atoms with van der Waals surface area (Å²) in [6, 6.07) is 19.3. The monoisotopic (exact) mass is 396 g/mol. The fourth-order valence-corrected chi connectivity index (χ4v) is 3.68. The number of benzene rings is 2. The first kappa shape index (κ1) is 16.4. The first-order valence-electron chi connectivity index (χ1n) is 8.65. The van der Waals surface area contributed by atoms with Crippen molar-refractivity contribution >= 4 is 21.6 Å². The fourth-order valence-electron chi connectivity index (χ4n) is 3.29. The van der Waals surface area contributed by atoms with E-state index < -0.39 is 0 Å². The highest BCUT2D eigenvalue weighted by atomic mass is 79.9. The maximum Gasteiger partial charge on any atom is 0.158 e. The lowest BCUT2D eigenvalue weighted by atomic mass is 10.1. The van der Waals surface area contributed by atoms with Crippen molar-refractivity contribution in [2.75, 3.05) is 18.1 Å². The molecule has 1 aliphatic rings. The molecule has 0 aliphatic carbocycles. The van der Waals surface area contributed by atoms with Gasteiger partial charge in [-0.25, -0.2) is 0 Å². The smallest absolute Gasteiger partial charge is 0.158 e. The summed E-state index contributed by atoms with van der Waals surface area (Å²) in [6.07, 6.45) is 5.29. The third kappa shape index (κ3) is 3.37. The molecule has 4 heteroatoms. The Balaban J connectivity index is 1.60. The molecule has 25 heavy (non-hydrogen) atoms. The van der Waals surface area contributed by atoms with E-state index in [0.29, 0.717) is 0 Å². The highest BCUT2D eigenvalue weighted by Crippen LogP contribution is 2.33. The maximum atomic E-state index is 6.04. The van der Waals surface area contributed by atoms with Crippen LogP contribution in [0.3, 0.4) is 0 Å². The minimum absolute atomic E-state index is 0.0270. The number of anilines is 1. The zero-order chi connectivity index (χ0) is 17.2. The second kappa shape index (κ2) is 7.06. The molecule has 4 rings (SSSR count). The molecule has 1 saturated heterocycles. The van der Waals surface area contributed by atoms with Crippen molar-refractivity contribution in [3.05, 3.63) is 82.6 Å². The van der Waals surface area contributed by atoms with Gasteiger partial charge in [-0.1, -0.05) is 41.1 Å². The fraction of sp³-hybridized carbons (Fsp3) is 0.238. The Bertz CT molecular complexity index is 856. The molecule has 2 aromatic carbocycles. The Morgan fingerprint density at radius 2 is 1.92 bits per heavy atom. The third-order valence-electron chi connectivity index (χ3n) is 4.67. The molecule has 2 heterocycles. The summed E-state index contributed by atoms with van der Waals surface area (Å²) in [4.78, 5) is 2.33. The van der Waals surface area contributed by atoms with Crippen LogP contribution < -0.4 is 4.90 Å². The molecule has 0 unspecified atom stereocenters. The summed E-state index contributed by atoms with van der Waals surface area (Å²) in [5, 5.41) is 0. The SMILES string of the molecule is CCc1ccc(N2CCO[C@H]2c2ccn(-c3cccc(Br)c3)c2)cc1. The topological polar surface area (TPSA) is 17.4 Å². The number of rotatable bonds is 4. The van der Waals surface area contributed by atoms with Crippen LogP contribution in [-0.2, 0) is 11.2 Å². The van der Waals surface area contributed by atoms with Gasteiger partial charge in [0.05, 0.1) is 6.61 Å². The van der Waals surface area contributed by atoms with Gasteiger partial charge in [0, 0.05) is 40.3 Å². The van der Waals surface area contributed by atoms with Crippen LogP contribution in [0.1, 0.15) is 24.3 Å². The number of nitrogens with zero attached hydrogens (tertiary/aromatic N) is 2. The molecule has 1 atom stereocenters. The van der Waals surface area contributed by atoms with Crippen LogP contribution in [0, 0.1) is 0 Å². The minimum Gasteiger partial charge on any atom is -0.352 e. The number of ether oxygens (including phenoxy) is 1. The van der Waals surface area contributed by atoms with Crippen LogP contribution >= 0.6 is 15.9 Å². The molecule has 0 amide bonds. The highest BCUT2D eigenvalue weighted by molar-refractivity contribution is 9.10. The Labute approximate surface area is 157 Å². The van der Waals surface area contributed by atoms with Gasteiger partial charge in [0.25, 0.3) is 0 Å². The molecule has 1 aliphatic heterocycles. The molecule has 0 spiro atoms. The number of aromatic nitrogens is 1. The average molecular weight is 397 g/mol. The van der Waals surface area contributed by atoms with Crippen molar-refractivity contribution in [2.45, 2.75) is 19.6 Å². The summed E-state index contributed by atoms with van der Waals surface area (Å²) in [5.74, 6) is 0. The molecule has 1 aromatic heterocycles. The van der Waals surface area contributed by atoms with Gasteiger partial charge in [0.1, 0.15) is 0 Å². The molecular formula is C21H21BrN2O. The zero-order valence-electron chi connectivity index (χ0n) is 14.2. The van der Waals surface area contributed by atoms with Crippen molar-refractivity contribution in [2.24, 2.45) is 0 Å². The molecule has 0 bridgehead atoms. The molecule has 0 radical (unpaired) electrons. The van der Waals surface area contributed by atoms with Crippen molar-refractivity contribution in [3.63, 3.8) is 0 Å². The van der Waals surface area contributed by atoms with E-state index in [1.807, 2.05) is 12.1 Å². The third-order valence-corrected chi connectivity index (χ3v) is 5.17. The Hall–Kier alpha value is -2.04. The van der Waals surface area contributed by atoms with Crippen LogP contribution in [-0.4, -0.2) is 17.7 Å². The van der Waals surface area contributed by atoms with Gasteiger partial charge in [-0.2, -0.15) is 0 Å². The Morgan fingerprint density at radius 1 is 1.08 bits per heavy atom. The van der Waals surface area contributed by atoms with E-state index in [4.69, 9.17) is 4.74 Å². The van der Waals surface area contributed by atoms with Gasteiger partial charge in [-0.3, -0.25) is 0 Å². The summed E-state index contributed by atoms with van der Waals surface area (Å²) < 4.78 is 9.26. The van der Waals surface area contributed by atoms with E-state index >= 15 is 0 Å². The van der Waals surface area contributed by atoms with E-state index in [0.717, 1.165) is 29.7 Å². The van der Waals surface area contributed by atoms with Crippen LogP contribution in [0.2, 0.25) is 0 Å². The molecule has 1 fully saturated rings. The van der Waals surface area contributed by atoms with Gasteiger partial charge >= 0.3 is 0 Å². The summed E-state index contributed by atoms with van der Waals surface area (Å²) in [5.41, 5.74) is 4.89. The van der Waals surface area contributed by atoms with Crippen LogP contribution in [0.4, 0.5) is 5.69 Å². The largest absolute Gasteiger partial charge is 0.352 e. The van der Waals surface area contributed by atoms with Crippen LogP contribution in [0.5, 0.6) is 0 Å². The lowest BCUT2D eigenvalue weighted by Gasteiger charge is -2.24.